The summed E-state index contributed by atoms with van der Waals surface area (Å²) in [5, 5.41) is 0. The van der Waals surface area contributed by atoms with Crippen LogP contribution in [-0.2, 0) is 0 Å². The normalized spacial score (nSPS) is 19.3. The molecule has 0 saturated carbocycles. The summed E-state index contributed by atoms with van der Waals surface area (Å²) in [4.78, 5) is 14.5. The maximum atomic E-state index is 13.3. The lowest BCUT2D eigenvalue weighted by molar-refractivity contribution is 0.0680. The number of nitrogens with zero attached hydrogens (tertiary/aromatic N) is 1. The van der Waals surface area contributed by atoms with Gasteiger partial charge in [-0.1, -0.05) is 18.3 Å². The molecular weight excluding hydrogens is 263 g/mol. The molecule has 1 saturated heterocycles. The van der Waals surface area contributed by atoms with Crippen LogP contribution < -0.4 is 5.73 Å². The molecule has 2 rings (SSSR count). The standard InChI is InChI=1S/C14H17FN2OS/c1-9-5-6-10(15)8-11(9)14(18)17-7-3-2-4-12(17)13(16)19/h5-6,8,12H,2-4,7H2,1H3,(H2,16,19). The van der Waals surface area contributed by atoms with Crippen molar-refractivity contribution in [3.63, 3.8) is 0 Å². The van der Waals surface area contributed by atoms with Gasteiger partial charge in [0.2, 0.25) is 0 Å². The molecule has 1 atom stereocenters. The van der Waals surface area contributed by atoms with Crippen molar-refractivity contribution >= 4 is 23.1 Å². The lowest BCUT2D eigenvalue weighted by Crippen LogP contribution is -2.49. The number of nitrogens with two attached hydrogens (primary N) is 1. The molecule has 1 unspecified atom stereocenters. The molecule has 0 aromatic heterocycles. The SMILES string of the molecule is Cc1ccc(F)cc1C(=O)N1CCCCC1C(N)=S. The van der Waals surface area contributed by atoms with Crippen LogP contribution in [0, 0.1) is 12.7 Å². The van der Waals surface area contributed by atoms with Crippen LogP contribution in [0.4, 0.5) is 4.39 Å². The number of thiocarbonyl (C=S) groups is 1. The average Bonchev–Trinajstić information content (AvgIpc) is 2.40. The second kappa shape index (κ2) is 5.65. The van der Waals surface area contributed by atoms with Crippen LogP contribution in [0.5, 0.6) is 0 Å². The van der Waals surface area contributed by atoms with E-state index < -0.39 is 5.82 Å². The van der Waals surface area contributed by atoms with Crippen molar-refractivity contribution in [2.24, 2.45) is 5.73 Å². The molecule has 5 heteroatoms. The van der Waals surface area contributed by atoms with Crippen LogP contribution in [0.25, 0.3) is 0 Å². The number of aryl methyl sites for hydroxylation is 1. The lowest BCUT2D eigenvalue weighted by Gasteiger charge is -2.35. The number of rotatable bonds is 2. The molecule has 1 fully saturated rings. The van der Waals surface area contributed by atoms with Crippen LogP contribution in [0.3, 0.4) is 0 Å². The van der Waals surface area contributed by atoms with Crippen molar-refractivity contribution in [3.8, 4) is 0 Å². The minimum absolute atomic E-state index is 0.186. The Labute approximate surface area is 117 Å². The molecule has 1 aliphatic rings. The van der Waals surface area contributed by atoms with E-state index in [4.69, 9.17) is 18.0 Å². The van der Waals surface area contributed by atoms with Gasteiger partial charge in [-0.05, 0) is 43.9 Å². The number of amides is 1. The predicted molar refractivity (Wildman–Crippen MR) is 76.6 cm³/mol. The summed E-state index contributed by atoms with van der Waals surface area (Å²) in [6.45, 7) is 2.42. The monoisotopic (exact) mass is 280 g/mol. The van der Waals surface area contributed by atoms with E-state index in [-0.39, 0.29) is 11.9 Å². The van der Waals surface area contributed by atoms with Crippen molar-refractivity contribution in [1.82, 2.24) is 4.90 Å². The van der Waals surface area contributed by atoms with E-state index in [1.165, 1.54) is 12.1 Å². The molecule has 1 aromatic rings. The summed E-state index contributed by atoms with van der Waals surface area (Å²) in [6.07, 6.45) is 2.72. The van der Waals surface area contributed by atoms with Gasteiger partial charge in [0.25, 0.3) is 5.91 Å². The zero-order chi connectivity index (χ0) is 14.0. The highest BCUT2D eigenvalue weighted by Gasteiger charge is 2.30. The maximum Gasteiger partial charge on any atom is 0.254 e. The fourth-order valence-corrected chi connectivity index (χ4v) is 2.69. The summed E-state index contributed by atoms with van der Waals surface area (Å²) >= 11 is 5.03. The summed E-state index contributed by atoms with van der Waals surface area (Å²) in [5.74, 6) is -0.590. The molecule has 0 aliphatic carbocycles. The molecule has 0 radical (unpaired) electrons. The Hall–Kier alpha value is -1.49. The largest absolute Gasteiger partial charge is 0.392 e. The van der Waals surface area contributed by atoms with Gasteiger partial charge in [0.15, 0.2) is 0 Å². The minimum atomic E-state index is -0.405. The Kier molecular flexibility index (Phi) is 4.14. The van der Waals surface area contributed by atoms with Gasteiger partial charge in [-0.25, -0.2) is 4.39 Å². The van der Waals surface area contributed by atoms with Crippen molar-refractivity contribution in [2.75, 3.05) is 6.54 Å². The number of hydrogen-bond donors (Lipinski definition) is 1. The number of halogens is 1. The summed E-state index contributed by atoms with van der Waals surface area (Å²) < 4.78 is 13.3. The molecular formula is C14H17FN2OS. The number of benzene rings is 1. The molecule has 2 N–H and O–H groups in total. The van der Waals surface area contributed by atoms with Crippen molar-refractivity contribution < 1.29 is 9.18 Å². The first kappa shape index (κ1) is 13.9. The molecule has 1 aromatic carbocycles. The summed E-state index contributed by atoms with van der Waals surface area (Å²) in [6, 6.07) is 4.04. The Morgan fingerprint density at radius 2 is 2.21 bits per heavy atom. The Morgan fingerprint density at radius 3 is 2.89 bits per heavy atom. The molecule has 3 nitrogen and oxygen atoms in total. The van der Waals surface area contributed by atoms with Crippen LogP contribution in [0.2, 0.25) is 0 Å². The highest BCUT2D eigenvalue weighted by molar-refractivity contribution is 7.80. The number of likely N-dealkylation sites (tertiary alicyclic amines) is 1. The van der Waals surface area contributed by atoms with E-state index in [2.05, 4.69) is 0 Å². The van der Waals surface area contributed by atoms with Gasteiger partial charge in [0.05, 0.1) is 11.0 Å². The first-order chi connectivity index (χ1) is 9.00. The molecule has 0 spiro atoms. The summed E-state index contributed by atoms with van der Waals surface area (Å²) in [7, 11) is 0. The van der Waals surface area contributed by atoms with Crippen LogP contribution in [0.15, 0.2) is 18.2 Å². The average molecular weight is 280 g/mol. The van der Waals surface area contributed by atoms with E-state index in [9.17, 15) is 9.18 Å². The molecule has 1 amide bonds. The van der Waals surface area contributed by atoms with E-state index in [0.29, 0.717) is 17.1 Å². The second-order valence-electron chi connectivity index (χ2n) is 4.87. The molecule has 1 heterocycles. The van der Waals surface area contributed by atoms with Gasteiger partial charge in [0, 0.05) is 12.1 Å². The van der Waals surface area contributed by atoms with Crippen LogP contribution >= 0.6 is 12.2 Å². The Balaban J connectivity index is 2.31. The van der Waals surface area contributed by atoms with E-state index >= 15 is 0 Å². The van der Waals surface area contributed by atoms with Gasteiger partial charge in [-0.15, -0.1) is 0 Å². The fraction of sp³-hybridized carbons (Fsp3) is 0.429. The third-order valence-corrected chi connectivity index (χ3v) is 3.79. The van der Waals surface area contributed by atoms with Gasteiger partial charge in [0.1, 0.15) is 5.82 Å². The molecule has 19 heavy (non-hydrogen) atoms. The van der Waals surface area contributed by atoms with Gasteiger partial charge < -0.3 is 10.6 Å². The fourth-order valence-electron chi connectivity index (χ4n) is 2.45. The number of piperidine rings is 1. The van der Waals surface area contributed by atoms with Crippen LogP contribution in [0.1, 0.15) is 35.2 Å². The number of carbonyl (C=O) groups excluding carboxylic acids is 1. The third-order valence-electron chi connectivity index (χ3n) is 3.52. The topological polar surface area (TPSA) is 46.3 Å². The van der Waals surface area contributed by atoms with Gasteiger partial charge in [-0.3, -0.25) is 4.79 Å². The molecule has 1 aliphatic heterocycles. The van der Waals surface area contributed by atoms with E-state index in [0.717, 1.165) is 24.8 Å². The first-order valence-electron chi connectivity index (χ1n) is 6.37. The number of carbonyl (C=O) groups is 1. The Morgan fingerprint density at radius 1 is 1.47 bits per heavy atom. The lowest BCUT2D eigenvalue weighted by atomic mass is 9.99. The zero-order valence-electron chi connectivity index (χ0n) is 10.9. The smallest absolute Gasteiger partial charge is 0.254 e. The number of hydrogen-bond acceptors (Lipinski definition) is 2. The third kappa shape index (κ3) is 2.92. The van der Waals surface area contributed by atoms with E-state index in [1.54, 1.807) is 17.9 Å². The van der Waals surface area contributed by atoms with Crippen molar-refractivity contribution in [2.45, 2.75) is 32.2 Å². The zero-order valence-corrected chi connectivity index (χ0v) is 11.7. The van der Waals surface area contributed by atoms with Gasteiger partial charge >= 0.3 is 0 Å². The second-order valence-corrected chi connectivity index (χ2v) is 5.34. The highest BCUT2D eigenvalue weighted by Crippen LogP contribution is 2.21. The quantitative estimate of drug-likeness (QED) is 0.846. The first-order valence-corrected chi connectivity index (χ1v) is 6.78. The maximum absolute atomic E-state index is 13.3. The molecule has 102 valence electrons. The Bertz CT molecular complexity index is 518. The van der Waals surface area contributed by atoms with Gasteiger partial charge in [-0.2, -0.15) is 0 Å². The van der Waals surface area contributed by atoms with E-state index in [1.807, 2.05) is 0 Å². The van der Waals surface area contributed by atoms with Crippen molar-refractivity contribution in [1.29, 1.82) is 0 Å². The molecule has 0 bridgehead atoms. The minimum Gasteiger partial charge on any atom is -0.392 e. The van der Waals surface area contributed by atoms with Crippen molar-refractivity contribution in [3.05, 3.63) is 35.1 Å². The van der Waals surface area contributed by atoms with Crippen LogP contribution in [-0.4, -0.2) is 28.4 Å². The highest BCUT2D eigenvalue weighted by atomic mass is 32.1. The summed E-state index contributed by atoms with van der Waals surface area (Å²) in [5.41, 5.74) is 6.86. The predicted octanol–water partition coefficient (Wildman–Crippen LogP) is 2.41.